The predicted molar refractivity (Wildman–Crippen MR) is 102 cm³/mol. The maximum atomic E-state index is 13.0. The molecule has 1 unspecified atom stereocenters. The summed E-state index contributed by atoms with van der Waals surface area (Å²) in [6.07, 6.45) is 1.60. The van der Waals surface area contributed by atoms with Crippen LogP contribution in [0.15, 0.2) is 60.0 Å². The molecule has 1 N–H and O–H groups in total. The average Bonchev–Trinajstić information content (AvgIpc) is 3.15. The first-order chi connectivity index (χ1) is 13.1. The van der Waals surface area contributed by atoms with Crippen molar-refractivity contribution in [3.63, 3.8) is 0 Å². The minimum absolute atomic E-state index is 0.138. The molecule has 0 aliphatic rings. The van der Waals surface area contributed by atoms with Crippen molar-refractivity contribution < 1.29 is 13.9 Å². The molecular formula is C19H19FN4O2S. The van der Waals surface area contributed by atoms with Crippen molar-refractivity contribution in [3.8, 4) is 11.4 Å². The van der Waals surface area contributed by atoms with Gasteiger partial charge in [0.25, 0.3) is 0 Å². The summed E-state index contributed by atoms with van der Waals surface area (Å²) in [4.78, 5) is 12.2. The minimum atomic E-state index is -0.300. The molecule has 0 aliphatic heterocycles. The maximum Gasteiger partial charge on any atom is 0.230 e. The number of hydrogen-bond donors (Lipinski definition) is 1. The molecule has 0 radical (unpaired) electrons. The lowest BCUT2D eigenvalue weighted by atomic mass is 10.1. The van der Waals surface area contributed by atoms with Crippen LogP contribution in [0.5, 0.6) is 5.75 Å². The quantitative estimate of drug-likeness (QED) is 0.631. The van der Waals surface area contributed by atoms with Crippen LogP contribution in [0.1, 0.15) is 18.5 Å². The minimum Gasteiger partial charge on any atom is -0.497 e. The summed E-state index contributed by atoms with van der Waals surface area (Å²) in [5.41, 5.74) is 1.72. The molecule has 0 aliphatic carbocycles. The van der Waals surface area contributed by atoms with E-state index < -0.39 is 0 Å². The standard InChI is InChI=1S/C19H19FN4O2S/c1-13(14-3-5-15(20)6-4-14)22-18(25)11-27-19-23-21-12-24(19)16-7-9-17(26-2)10-8-16/h3-10,12-13H,11H2,1-2H3,(H,22,25). The van der Waals surface area contributed by atoms with Crippen LogP contribution in [0.2, 0.25) is 0 Å². The molecule has 3 rings (SSSR count). The third-order valence-corrected chi connectivity index (χ3v) is 4.89. The molecule has 0 fully saturated rings. The van der Waals surface area contributed by atoms with Gasteiger partial charge in [-0.15, -0.1) is 10.2 Å². The summed E-state index contributed by atoms with van der Waals surface area (Å²) in [6, 6.07) is 13.3. The monoisotopic (exact) mass is 386 g/mol. The first kappa shape index (κ1) is 18.9. The molecule has 2 aromatic carbocycles. The lowest BCUT2D eigenvalue weighted by Crippen LogP contribution is -2.28. The van der Waals surface area contributed by atoms with Crippen LogP contribution >= 0.6 is 11.8 Å². The second-order valence-corrected chi connectivity index (χ2v) is 6.75. The molecular weight excluding hydrogens is 367 g/mol. The zero-order valence-electron chi connectivity index (χ0n) is 14.9. The zero-order chi connectivity index (χ0) is 19.2. The van der Waals surface area contributed by atoms with Crippen LogP contribution in [0.25, 0.3) is 5.69 Å². The number of methoxy groups -OCH3 is 1. The smallest absolute Gasteiger partial charge is 0.230 e. The molecule has 6 nitrogen and oxygen atoms in total. The fraction of sp³-hybridized carbons (Fsp3) is 0.211. The van der Waals surface area contributed by atoms with Crippen LogP contribution in [0, 0.1) is 5.82 Å². The number of benzene rings is 2. The van der Waals surface area contributed by atoms with Crippen LogP contribution in [0.3, 0.4) is 0 Å². The Morgan fingerprint density at radius 3 is 2.59 bits per heavy atom. The predicted octanol–water partition coefficient (Wildman–Crippen LogP) is 3.38. The van der Waals surface area contributed by atoms with Crippen molar-refractivity contribution in [1.82, 2.24) is 20.1 Å². The molecule has 0 spiro atoms. The van der Waals surface area contributed by atoms with Gasteiger partial charge in [-0.05, 0) is 48.9 Å². The van der Waals surface area contributed by atoms with Gasteiger partial charge in [-0.3, -0.25) is 9.36 Å². The highest BCUT2D eigenvalue weighted by Gasteiger charge is 2.13. The van der Waals surface area contributed by atoms with Gasteiger partial charge in [-0.25, -0.2) is 4.39 Å². The topological polar surface area (TPSA) is 69.0 Å². The number of rotatable bonds is 7. The van der Waals surface area contributed by atoms with Gasteiger partial charge in [0.05, 0.1) is 18.9 Å². The third kappa shape index (κ3) is 4.85. The number of nitrogens with one attached hydrogen (secondary N) is 1. The Morgan fingerprint density at radius 1 is 1.22 bits per heavy atom. The molecule has 8 heteroatoms. The van der Waals surface area contributed by atoms with Gasteiger partial charge in [-0.1, -0.05) is 23.9 Å². The van der Waals surface area contributed by atoms with Crippen LogP contribution in [0.4, 0.5) is 4.39 Å². The molecule has 140 valence electrons. The molecule has 1 atom stereocenters. The number of thioether (sulfide) groups is 1. The van der Waals surface area contributed by atoms with Gasteiger partial charge in [-0.2, -0.15) is 0 Å². The fourth-order valence-corrected chi connectivity index (χ4v) is 3.23. The van der Waals surface area contributed by atoms with E-state index in [9.17, 15) is 9.18 Å². The Labute approximate surface area is 160 Å². The van der Waals surface area contributed by atoms with Crippen molar-refractivity contribution in [3.05, 3.63) is 66.2 Å². The molecule has 1 amide bonds. The number of carbonyl (C=O) groups is 1. The lowest BCUT2D eigenvalue weighted by molar-refractivity contribution is -0.119. The number of nitrogens with zero attached hydrogens (tertiary/aromatic N) is 3. The van der Waals surface area contributed by atoms with Gasteiger partial charge in [0.15, 0.2) is 5.16 Å². The Bertz CT molecular complexity index is 897. The number of halogens is 1. The van der Waals surface area contributed by atoms with Gasteiger partial charge in [0, 0.05) is 5.69 Å². The largest absolute Gasteiger partial charge is 0.497 e. The van der Waals surface area contributed by atoms with Gasteiger partial charge >= 0.3 is 0 Å². The first-order valence-corrected chi connectivity index (χ1v) is 9.27. The first-order valence-electron chi connectivity index (χ1n) is 8.29. The summed E-state index contributed by atoms with van der Waals surface area (Å²) in [5, 5.41) is 11.5. The second kappa shape index (κ2) is 8.68. The summed E-state index contributed by atoms with van der Waals surface area (Å²) in [6.45, 7) is 1.86. The molecule has 1 aromatic heterocycles. The van der Waals surface area contributed by atoms with Gasteiger partial charge in [0.2, 0.25) is 5.91 Å². The molecule has 27 heavy (non-hydrogen) atoms. The highest BCUT2D eigenvalue weighted by molar-refractivity contribution is 7.99. The Kier molecular flexibility index (Phi) is 6.08. The highest BCUT2D eigenvalue weighted by atomic mass is 32.2. The van der Waals surface area contributed by atoms with Crippen molar-refractivity contribution in [1.29, 1.82) is 0 Å². The van der Waals surface area contributed by atoms with E-state index in [0.717, 1.165) is 17.0 Å². The van der Waals surface area contributed by atoms with E-state index >= 15 is 0 Å². The van der Waals surface area contributed by atoms with Crippen LogP contribution < -0.4 is 10.1 Å². The summed E-state index contributed by atoms with van der Waals surface area (Å²) in [5.74, 6) is 0.516. The average molecular weight is 386 g/mol. The summed E-state index contributed by atoms with van der Waals surface area (Å²) < 4.78 is 20.0. The van der Waals surface area contributed by atoms with E-state index in [2.05, 4.69) is 15.5 Å². The number of hydrogen-bond acceptors (Lipinski definition) is 5. The van der Waals surface area contributed by atoms with E-state index in [1.165, 1.54) is 23.9 Å². The van der Waals surface area contributed by atoms with Gasteiger partial charge in [0.1, 0.15) is 17.9 Å². The second-order valence-electron chi connectivity index (χ2n) is 5.81. The SMILES string of the molecule is COc1ccc(-n2cnnc2SCC(=O)NC(C)c2ccc(F)cc2)cc1. The molecule has 1 heterocycles. The number of aromatic nitrogens is 3. The lowest BCUT2D eigenvalue weighted by Gasteiger charge is -2.14. The van der Waals surface area contributed by atoms with Gasteiger partial charge < -0.3 is 10.1 Å². The van der Waals surface area contributed by atoms with E-state index in [1.54, 1.807) is 30.1 Å². The van der Waals surface area contributed by atoms with E-state index in [1.807, 2.05) is 31.2 Å². The highest BCUT2D eigenvalue weighted by Crippen LogP contribution is 2.21. The van der Waals surface area contributed by atoms with Crippen molar-refractivity contribution in [2.24, 2.45) is 0 Å². The molecule has 3 aromatic rings. The van der Waals surface area contributed by atoms with Crippen LogP contribution in [-0.4, -0.2) is 33.5 Å². The Morgan fingerprint density at radius 2 is 1.93 bits per heavy atom. The zero-order valence-corrected chi connectivity index (χ0v) is 15.7. The van der Waals surface area contributed by atoms with E-state index in [4.69, 9.17) is 4.74 Å². The normalized spacial score (nSPS) is 11.8. The summed E-state index contributed by atoms with van der Waals surface area (Å²) >= 11 is 1.29. The number of ether oxygens (including phenoxy) is 1. The van der Waals surface area contributed by atoms with Crippen molar-refractivity contribution in [2.75, 3.05) is 12.9 Å². The Hall–Kier alpha value is -2.87. The van der Waals surface area contributed by atoms with Crippen molar-refractivity contribution in [2.45, 2.75) is 18.1 Å². The number of carbonyl (C=O) groups excluding carboxylic acids is 1. The maximum absolute atomic E-state index is 13.0. The summed E-state index contributed by atoms with van der Waals surface area (Å²) in [7, 11) is 1.61. The molecule has 0 saturated carbocycles. The van der Waals surface area contributed by atoms with E-state index in [0.29, 0.717) is 5.16 Å². The Balaban J connectivity index is 1.59. The third-order valence-electron chi connectivity index (χ3n) is 3.95. The van der Waals surface area contributed by atoms with Crippen LogP contribution in [-0.2, 0) is 4.79 Å². The fourth-order valence-electron chi connectivity index (χ4n) is 2.49. The molecule has 0 saturated heterocycles. The number of amides is 1. The molecule has 0 bridgehead atoms. The van der Waals surface area contributed by atoms with E-state index in [-0.39, 0.29) is 23.5 Å². The van der Waals surface area contributed by atoms with Crippen molar-refractivity contribution >= 4 is 17.7 Å².